The number of aromatic nitrogens is 3. The van der Waals surface area contributed by atoms with Crippen LogP contribution in [-0.4, -0.2) is 20.7 Å². The Kier molecular flexibility index (Phi) is 3.19. The molecule has 0 unspecified atom stereocenters. The zero-order chi connectivity index (χ0) is 12.3. The third-order valence-electron chi connectivity index (χ3n) is 2.25. The van der Waals surface area contributed by atoms with Gasteiger partial charge in [0.2, 0.25) is 0 Å². The van der Waals surface area contributed by atoms with E-state index in [1.165, 1.54) is 0 Å². The zero-order valence-electron chi connectivity index (χ0n) is 10.3. The highest BCUT2D eigenvalue weighted by Crippen LogP contribution is 2.20. The predicted molar refractivity (Wildman–Crippen MR) is 64.1 cm³/mol. The topological polar surface area (TPSA) is 63.8 Å². The highest BCUT2D eigenvalue weighted by molar-refractivity contribution is 5.54. The molecule has 90 valence electrons. The molecule has 0 atom stereocenters. The van der Waals surface area contributed by atoms with Crippen molar-refractivity contribution in [1.29, 1.82) is 0 Å². The van der Waals surface area contributed by atoms with Gasteiger partial charge in [0.1, 0.15) is 5.69 Å². The minimum Gasteiger partial charge on any atom is -0.354 e. The van der Waals surface area contributed by atoms with Crippen LogP contribution in [-0.2, 0) is 6.54 Å². The molecule has 0 saturated heterocycles. The summed E-state index contributed by atoms with van der Waals surface area (Å²) in [7, 11) is 0. The largest absolute Gasteiger partial charge is 0.354 e. The molecule has 1 N–H and O–H groups in total. The molecule has 0 aromatic carbocycles. The number of rotatable bonds is 3. The van der Waals surface area contributed by atoms with E-state index in [-0.39, 0.29) is 5.54 Å². The van der Waals surface area contributed by atoms with Crippen molar-refractivity contribution in [1.82, 2.24) is 20.4 Å². The SMILES string of the molecule is CC(C)(C)NCc1cnoc1-c1cnccn1. The normalized spacial score (nSPS) is 11.7. The van der Waals surface area contributed by atoms with E-state index in [9.17, 15) is 0 Å². The average Bonchev–Trinajstić information content (AvgIpc) is 2.75. The van der Waals surface area contributed by atoms with Crippen LogP contribution in [0, 0.1) is 0 Å². The van der Waals surface area contributed by atoms with E-state index >= 15 is 0 Å². The highest BCUT2D eigenvalue weighted by atomic mass is 16.5. The Balaban J connectivity index is 2.18. The van der Waals surface area contributed by atoms with Crippen LogP contribution >= 0.6 is 0 Å². The molecule has 0 saturated carbocycles. The van der Waals surface area contributed by atoms with Gasteiger partial charge in [-0.3, -0.25) is 4.98 Å². The van der Waals surface area contributed by atoms with E-state index in [4.69, 9.17) is 4.52 Å². The second kappa shape index (κ2) is 4.63. The van der Waals surface area contributed by atoms with Gasteiger partial charge in [-0.1, -0.05) is 5.16 Å². The molecule has 0 bridgehead atoms. The third-order valence-corrected chi connectivity index (χ3v) is 2.25. The Bertz CT molecular complexity index is 473. The summed E-state index contributed by atoms with van der Waals surface area (Å²) in [5.41, 5.74) is 1.74. The second-order valence-electron chi connectivity index (χ2n) is 4.87. The summed E-state index contributed by atoms with van der Waals surface area (Å²) in [6.45, 7) is 7.03. The molecule has 0 amide bonds. The Morgan fingerprint density at radius 1 is 1.24 bits per heavy atom. The van der Waals surface area contributed by atoms with E-state index in [1.807, 2.05) is 0 Å². The fourth-order valence-corrected chi connectivity index (χ4v) is 1.37. The van der Waals surface area contributed by atoms with Crippen molar-refractivity contribution in [2.75, 3.05) is 0 Å². The van der Waals surface area contributed by atoms with Crippen LogP contribution in [0.5, 0.6) is 0 Å². The van der Waals surface area contributed by atoms with Gasteiger partial charge in [0, 0.05) is 30.0 Å². The van der Waals surface area contributed by atoms with Crippen molar-refractivity contribution in [3.05, 3.63) is 30.4 Å². The Morgan fingerprint density at radius 3 is 2.71 bits per heavy atom. The molecule has 2 aromatic rings. The van der Waals surface area contributed by atoms with Crippen LogP contribution < -0.4 is 5.32 Å². The van der Waals surface area contributed by atoms with Crippen molar-refractivity contribution < 1.29 is 4.52 Å². The van der Waals surface area contributed by atoms with E-state index in [2.05, 4.69) is 41.2 Å². The lowest BCUT2D eigenvalue weighted by atomic mass is 10.1. The lowest BCUT2D eigenvalue weighted by molar-refractivity contribution is 0.418. The fourth-order valence-electron chi connectivity index (χ4n) is 1.37. The van der Waals surface area contributed by atoms with Gasteiger partial charge >= 0.3 is 0 Å². The number of nitrogens with zero attached hydrogens (tertiary/aromatic N) is 3. The van der Waals surface area contributed by atoms with Crippen LogP contribution in [0.25, 0.3) is 11.5 Å². The first-order valence-electron chi connectivity index (χ1n) is 5.51. The molecular formula is C12H16N4O. The molecule has 2 rings (SSSR count). The minimum atomic E-state index is 0.0525. The quantitative estimate of drug-likeness (QED) is 0.877. The molecule has 0 spiro atoms. The summed E-state index contributed by atoms with van der Waals surface area (Å²) < 4.78 is 5.22. The lowest BCUT2D eigenvalue weighted by Gasteiger charge is -2.19. The number of nitrogens with one attached hydrogen (secondary N) is 1. The highest BCUT2D eigenvalue weighted by Gasteiger charge is 2.15. The van der Waals surface area contributed by atoms with Crippen molar-refractivity contribution >= 4 is 0 Å². The molecule has 0 aliphatic heterocycles. The van der Waals surface area contributed by atoms with Crippen molar-refractivity contribution in [3.8, 4) is 11.5 Å². The monoisotopic (exact) mass is 232 g/mol. The van der Waals surface area contributed by atoms with Crippen LogP contribution in [0.15, 0.2) is 29.3 Å². The summed E-state index contributed by atoms with van der Waals surface area (Å²) in [5, 5.41) is 7.20. The Labute approximate surface area is 100 Å². The molecule has 0 aliphatic rings. The molecule has 5 heteroatoms. The van der Waals surface area contributed by atoms with Gasteiger partial charge in [0.25, 0.3) is 0 Å². The Hall–Kier alpha value is -1.75. The lowest BCUT2D eigenvalue weighted by Crippen LogP contribution is -2.35. The number of hydrogen-bond acceptors (Lipinski definition) is 5. The van der Waals surface area contributed by atoms with Gasteiger partial charge in [0.05, 0.1) is 12.4 Å². The maximum Gasteiger partial charge on any atom is 0.191 e. The van der Waals surface area contributed by atoms with Gasteiger partial charge in [0.15, 0.2) is 5.76 Å². The van der Waals surface area contributed by atoms with E-state index < -0.39 is 0 Å². The van der Waals surface area contributed by atoms with Crippen LogP contribution in [0.3, 0.4) is 0 Å². The van der Waals surface area contributed by atoms with E-state index in [1.54, 1.807) is 24.8 Å². The van der Waals surface area contributed by atoms with E-state index in [0.29, 0.717) is 18.0 Å². The molecule has 0 aliphatic carbocycles. The third kappa shape index (κ3) is 3.10. The zero-order valence-corrected chi connectivity index (χ0v) is 10.3. The Morgan fingerprint density at radius 2 is 2.06 bits per heavy atom. The van der Waals surface area contributed by atoms with Gasteiger partial charge in [-0.05, 0) is 20.8 Å². The van der Waals surface area contributed by atoms with Gasteiger partial charge in [-0.25, -0.2) is 4.98 Å². The summed E-state index contributed by atoms with van der Waals surface area (Å²) in [6, 6.07) is 0. The molecule has 0 fully saturated rings. The predicted octanol–water partition coefficient (Wildman–Crippen LogP) is 2.02. The summed E-state index contributed by atoms with van der Waals surface area (Å²) in [4.78, 5) is 8.22. The first-order valence-corrected chi connectivity index (χ1v) is 5.51. The van der Waals surface area contributed by atoms with Gasteiger partial charge in [-0.2, -0.15) is 0 Å². The van der Waals surface area contributed by atoms with Crippen LogP contribution in [0.4, 0.5) is 0 Å². The summed E-state index contributed by atoms with van der Waals surface area (Å²) in [5.74, 6) is 0.676. The first kappa shape index (κ1) is 11.7. The molecule has 2 heterocycles. The summed E-state index contributed by atoms with van der Waals surface area (Å²) >= 11 is 0. The molecule has 2 aromatic heterocycles. The minimum absolute atomic E-state index is 0.0525. The first-order chi connectivity index (χ1) is 8.06. The maximum atomic E-state index is 5.22. The van der Waals surface area contributed by atoms with Crippen LogP contribution in [0.2, 0.25) is 0 Å². The average molecular weight is 232 g/mol. The fraction of sp³-hybridized carbons (Fsp3) is 0.417. The van der Waals surface area contributed by atoms with Crippen molar-refractivity contribution in [2.24, 2.45) is 0 Å². The smallest absolute Gasteiger partial charge is 0.191 e. The molecule has 17 heavy (non-hydrogen) atoms. The standard InChI is InChI=1S/C12H16N4O/c1-12(2,3)15-6-9-7-16-17-11(9)10-8-13-4-5-14-10/h4-5,7-8,15H,6H2,1-3H3. The molecule has 0 radical (unpaired) electrons. The maximum absolute atomic E-state index is 5.22. The molecule has 5 nitrogen and oxygen atoms in total. The van der Waals surface area contributed by atoms with Crippen LogP contribution in [0.1, 0.15) is 26.3 Å². The number of hydrogen-bond donors (Lipinski definition) is 1. The second-order valence-corrected chi connectivity index (χ2v) is 4.87. The van der Waals surface area contributed by atoms with E-state index in [0.717, 1.165) is 5.56 Å². The van der Waals surface area contributed by atoms with Gasteiger partial charge in [-0.15, -0.1) is 0 Å². The van der Waals surface area contributed by atoms with Gasteiger partial charge < -0.3 is 9.84 Å². The summed E-state index contributed by atoms with van der Waals surface area (Å²) in [6.07, 6.45) is 6.65. The van der Waals surface area contributed by atoms with Crippen molar-refractivity contribution in [3.63, 3.8) is 0 Å². The molecular weight excluding hydrogens is 216 g/mol. The van der Waals surface area contributed by atoms with Crippen molar-refractivity contribution in [2.45, 2.75) is 32.9 Å².